The van der Waals surface area contributed by atoms with E-state index in [0.29, 0.717) is 11.7 Å². The zero-order chi connectivity index (χ0) is 15.2. The van der Waals surface area contributed by atoms with Gasteiger partial charge in [0.25, 0.3) is 0 Å². The van der Waals surface area contributed by atoms with Crippen LogP contribution in [0.1, 0.15) is 5.56 Å². The largest absolute Gasteiger partial charge is 0.508 e. The Bertz CT molecular complexity index is 451. The Kier molecular flexibility index (Phi) is 5.85. The number of hydrogen-bond acceptors (Lipinski definition) is 5. The molecule has 0 amide bonds. The molecule has 1 aliphatic heterocycles. The minimum absolute atomic E-state index is 0.324. The highest BCUT2D eigenvalue weighted by Crippen LogP contribution is 2.25. The molecule has 0 bridgehead atoms. The van der Waals surface area contributed by atoms with E-state index in [1.54, 1.807) is 19.2 Å². The summed E-state index contributed by atoms with van der Waals surface area (Å²) in [7, 11) is 5.81. The lowest BCUT2D eigenvalue weighted by Gasteiger charge is -2.25. The van der Waals surface area contributed by atoms with Gasteiger partial charge in [-0.3, -0.25) is 4.90 Å². The SMILES string of the molecule is COc1ccc(O)c(CN2CCOC[C@H](CN(C)C)C2)c1. The van der Waals surface area contributed by atoms with Gasteiger partial charge in [-0.25, -0.2) is 0 Å². The smallest absolute Gasteiger partial charge is 0.120 e. The highest BCUT2D eigenvalue weighted by molar-refractivity contribution is 5.39. The molecule has 1 atom stereocenters. The topological polar surface area (TPSA) is 45.2 Å². The number of nitrogens with zero attached hydrogens (tertiary/aromatic N) is 2. The van der Waals surface area contributed by atoms with Crippen LogP contribution in [0.3, 0.4) is 0 Å². The zero-order valence-electron chi connectivity index (χ0n) is 13.2. The molecule has 0 radical (unpaired) electrons. The molecule has 2 rings (SSSR count). The van der Waals surface area contributed by atoms with E-state index in [0.717, 1.165) is 50.7 Å². The van der Waals surface area contributed by atoms with Gasteiger partial charge < -0.3 is 19.5 Å². The van der Waals surface area contributed by atoms with Gasteiger partial charge in [-0.15, -0.1) is 0 Å². The normalized spacial score (nSPS) is 20.5. The van der Waals surface area contributed by atoms with Crippen LogP contribution >= 0.6 is 0 Å². The number of methoxy groups -OCH3 is 1. The molecule has 1 aromatic carbocycles. The van der Waals surface area contributed by atoms with Gasteiger partial charge in [0.15, 0.2) is 0 Å². The summed E-state index contributed by atoms with van der Waals surface area (Å²) in [5, 5.41) is 10.0. The molecule has 1 fully saturated rings. The lowest BCUT2D eigenvalue weighted by Crippen LogP contribution is -2.34. The summed E-state index contributed by atoms with van der Waals surface area (Å²) in [6, 6.07) is 5.38. The van der Waals surface area contributed by atoms with Crippen molar-refractivity contribution in [3.05, 3.63) is 23.8 Å². The Hall–Kier alpha value is -1.30. The summed E-state index contributed by atoms with van der Waals surface area (Å²) in [6.45, 7) is 5.15. The predicted molar refractivity (Wildman–Crippen MR) is 82.8 cm³/mol. The number of phenols is 1. The Morgan fingerprint density at radius 1 is 1.43 bits per heavy atom. The number of aromatic hydroxyl groups is 1. The molecule has 1 aromatic rings. The lowest BCUT2D eigenvalue weighted by atomic mass is 10.1. The number of phenolic OH excluding ortho intramolecular Hbond substituents is 1. The summed E-state index contributed by atoms with van der Waals surface area (Å²) < 4.78 is 10.9. The van der Waals surface area contributed by atoms with Crippen LogP contribution in [-0.2, 0) is 11.3 Å². The van der Waals surface area contributed by atoms with Crippen molar-refractivity contribution in [1.82, 2.24) is 9.80 Å². The molecule has 0 spiro atoms. The van der Waals surface area contributed by atoms with Gasteiger partial charge in [-0.1, -0.05) is 0 Å². The number of rotatable bonds is 5. The minimum atomic E-state index is 0.324. The van der Waals surface area contributed by atoms with Gasteiger partial charge in [0.05, 0.1) is 20.3 Å². The van der Waals surface area contributed by atoms with E-state index in [1.807, 2.05) is 6.07 Å². The van der Waals surface area contributed by atoms with E-state index in [2.05, 4.69) is 23.9 Å². The van der Waals surface area contributed by atoms with Gasteiger partial charge in [-0.05, 0) is 32.3 Å². The first-order valence-electron chi connectivity index (χ1n) is 7.39. The van der Waals surface area contributed by atoms with Gasteiger partial charge in [-0.2, -0.15) is 0 Å². The van der Waals surface area contributed by atoms with Gasteiger partial charge in [0, 0.05) is 37.7 Å². The van der Waals surface area contributed by atoms with Crippen LogP contribution in [0.15, 0.2) is 18.2 Å². The molecule has 0 unspecified atom stereocenters. The molecule has 118 valence electrons. The third-order valence-corrected chi connectivity index (χ3v) is 3.73. The van der Waals surface area contributed by atoms with E-state index < -0.39 is 0 Å². The molecule has 0 saturated carbocycles. The second kappa shape index (κ2) is 7.64. The standard InChI is InChI=1S/C16H26N2O3/c1-17(2)9-13-10-18(6-7-21-12-13)11-14-8-15(20-3)4-5-16(14)19/h4-5,8,13,19H,6-7,9-12H2,1-3H3/t13-/m1/s1. The molecule has 1 N–H and O–H groups in total. The van der Waals surface area contributed by atoms with Crippen molar-refractivity contribution in [3.63, 3.8) is 0 Å². The predicted octanol–water partition coefficient (Wildman–Crippen LogP) is 1.41. The fourth-order valence-corrected chi connectivity index (χ4v) is 2.78. The summed E-state index contributed by atoms with van der Waals surface area (Å²) in [4.78, 5) is 4.54. The highest BCUT2D eigenvalue weighted by Gasteiger charge is 2.20. The third kappa shape index (κ3) is 4.88. The molecule has 21 heavy (non-hydrogen) atoms. The van der Waals surface area contributed by atoms with E-state index in [1.165, 1.54) is 0 Å². The van der Waals surface area contributed by atoms with Crippen molar-refractivity contribution in [1.29, 1.82) is 0 Å². The van der Waals surface area contributed by atoms with E-state index in [9.17, 15) is 5.11 Å². The van der Waals surface area contributed by atoms with Crippen molar-refractivity contribution in [3.8, 4) is 11.5 Å². The van der Waals surface area contributed by atoms with Crippen LogP contribution in [0.2, 0.25) is 0 Å². The van der Waals surface area contributed by atoms with Gasteiger partial charge >= 0.3 is 0 Å². The molecule has 0 aromatic heterocycles. The second-order valence-electron chi connectivity index (χ2n) is 5.93. The van der Waals surface area contributed by atoms with Crippen molar-refractivity contribution >= 4 is 0 Å². The summed E-state index contributed by atoms with van der Waals surface area (Å²) >= 11 is 0. The fraction of sp³-hybridized carbons (Fsp3) is 0.625. The van der Waals surface area contributed by atoms with E-state index in [4.69, 9.17) is 9.47 Å². The van der Waals surface area contributed by atoms with Gasteiger partial charge in [0.2, 0.25) is 0 Å². The fourth-order valence-electron chi connectivity index (χ4n) is 2.78. The number of ether oxygens (including phenoxy) is 2. The second-order valence-corrected chi connectivity index (χ2v) is 5.93. The van der Waals surface area contributed by atoms with Gasteiger partial charge in [0.1, 0.15) is 11.5 Å². The average molecular weight is 294 g/mol. The van der Waals surface area contributed by atoms with Crippen LogP contribution < -0.4 is 4.74 Å². The van der Waals surface area contributed by atoms with Crippen LogP contribution in [0.5, 0.6) is 11.5 Å². The minimum Gasteiger partial charge on any atom is -0.508 e. The molecule has 1 heterocycles. The maximum absolute atomic E-state index is 10.0. The molecule has 5 heteroatoms. The Balaban J connectivity index is 2.03. The Morgan fingerprint density at radius 3 is 2.95 bits per heavy atom. The molecule has 0 aliphatic carbocycles. The van der Waals surface area contributed by atoms with Crippen molar-refractivity contribution in [2.75, 3.05) is 54.1 Å². The average Bonchev–Trinajstić information content (AvgIpc) is 2.66. The first-order valence-corrected chi connectivity index (χ1v) is 7.39. The summed E-state index contributed by atoms with van der Waals surface area (Å²) in [5.74, 6) is 1.60. The zero-order valence-corrected chi connectivity index (χ0v) is 13.2. The monoisotopic (exact) mass is 294 g/mol. The molecule has 5 nitrogen and oxygen atoms in total. The van der Waals surface area contributed by atoms with Crippen molar-refractivity contribution in [2.24, 2.45) is 5.92 Å². The Morgan fingerprint density at radius 2 is 2.24 bits per heavy atom. The van der Waals surface area contributed by atoms with Crippen LogP contribution in [0, 0.1) is 5.92 Å². The van der Waals surface area contributed by atoms with E-state index in [-0.39, 0.29) is 0 Å². The number of hydrogen-bond donors (Lipinski definition) is 1. The van der Waals surface area contributed by atoms with E-state index >= 15 is 0 Å². The highest BCUT2D eigenvalue weighted by atomic mass is 16.5. The third-order valence-electron chi connectivity index (χ3n) is 3.73. The lowest BCUT2D eigenvalue weighted by molar-refractivity contribution is 0.112. The molecule has 1 aliphatic rings. The maximum Gasteiger partial charge on any atom is 0.120 e. The molecule has 1 saturated heterocycles. The summed E-state index contributed by atoms with van der Waals surface area (Å²) in [5.41, 5.74) is 0.903. The Labute approximate surface area is 127 Å². The first kappa shape index (κ1) is 16.1. The van der Waals surface area contributed by atoms with Crippen LogP contribution in [0.4, 0.5) is 0 Å². The molecular weight excluding hydrogens is 268 g/mol. The summed E-state index contributed by atoms with van der Waals surface area (Å²) in [6.07, 6.45) is 0. The van der Waals surface area contributed by atoms with Crippen molar-refractivity contribution in [2.45, 2.75) is 6.54 Å². The number of benzene rings is 1. The van der Waals surface area contributed by atoms with Crippen LogP contribution in [-0.4, -0.2) is 69.0 Å². The quantitative estimate of drug-likeness (QED) is 0.889. The van der Waals surface area contributed by atoms with Crippen molar-refractivity contribution < 1.29 is 14.6 Å². The first-order chi connectivity index (χ1) is 10.1. The van der Waals surface area contributed by atoms with Crippen LogP contribution in [0.25, 0.3) is 0 Å². The molecular formula is C16H26N2O3. The maximum atomic E-state index is 10.0.